The lowest BCUT2D eigenvalue weighted by molar-refractivity contribution is -0.127. The molecule has 1 aliphatic heterocycles. The second-order valence-electron chi connectivity index (χ2n) is 13.5. The first-order valence-electron chi connectivity index (χ1n) is 18.0. The first-order chi connectivity index (χ1) is 25.7. The number of ether oxygens (including phenoxy) is 3. The molecular weight excluding hydrogens is 705 g/mol. The molecule has 1 saturated heterocycles. The Morgan fingerprint density at radius 3 is 2.25 bits per heavy atom. The van der Waals surface area contributed by atoms with Crippen LogP contribution in [0.1, 0.15) is 53.1 Å². The van der Waals surface area contributed by atoms with Gasteiger partial charge in [0.15, 0.2) is 0 Å². The molecule has 0 bridgehead atoms. The zero-order valence-electron chi connectivity index (χ0n) is 30.4. The van der Waals surface area contributed by atoms with Gasteiger partial charge in [-0.15, -0.1) is 0 Å². The number of halogens is 2. The first-order valence-corrected chi connectivity index (χ1v) is 18.8. The van der Waals surface area contributed by atoms with Gasteiger partial charge >= 0.3 is 0 Å². The van der Waals surface area contributed by atoms with Crippen LogP contribution in [-0.4, -0.2) is 53.5 Å². The third-order valence-electron chi connectivity index (χ3n) is 9.29. The van der Waals surface area contributed by atoms with Gasteiger partial charge < -0.3 is 19.1 Å². The predicted octanol–water partition coefficient (Wildman–Crippen LogP) is 10.2. The van der Waals surface area contributed by atoms with Crippen molar-refractivity contribution in [2.45, 2.75) is 46.3 Å². The van der Waals surface area contributed by atoms with E-state index < -0.39 is 0 Å². The highest BCUT2D eigenvalue weighted by atomic mass is 35.5. The first kappa shape index (κ1) is 37.9. The molecule has 7 nitrogen and oxygen atoms in total. The topological polar surface area (TPSA) is 64.1 Å². The van der Waals surface area contributed by atoms with Crippen molar-refractivity contribution >= 4 is 35.2 Å². The van der Waals surface area contributed by atoms with Crippen molar-refractivity contribution in [2.75, 3.05) is 32.8 Å². The van der Waals surface area contributed by atoms with E-state index in [-0.39, 0.29) is 5.91 Å². The van der Waals surface area contributed by atoms with Gasteiger partial charge in [-0.2, -0.15) is 0 Å². The maximum absolute atomic E-state index is 13.1. The van der Waals surface area contributed by atoms with Crippen molar-refractivity contribution in [3.05, 3.63) is 153 Å². The van der Waals surface area contributed by atoms with Crippen LogP contribution >= 0.6 is 23.2 Å². The Hall–Kier alpha value is -4.82. The number of aromatic nitrogens is 1. The molecule has 53 heavy (non-hydrogen) atoms. The van der Waals surface area contributed by atoms with Gasteiger partial charge in [0.2, 0.25) is 11.8 Å². The molecule has 1 aromatic heterocycles. The second kappa shape index (κ2) is 18.3. The molecule has 274 valence electrons. The SMILES string of the molecule is Cc1cc(/C=C/C(=O)N2CCN(Cc3ccc(CCOc4ccc(C(C)C)cc4)cc3)CC2)c(Cl)cc1Oc1ccc(OCc2ccccc2Cl)cn1. The molecule has 1 fully saturated rings. The maximum atomic E-state index is 13.1. The number of carbonyl (C=O) groups excluding carboxylic acids is 1. The number of benzene rings is 4. The zero-order chi connectivity index (χ0) is 37.2. The standard InChI is InChI=1S/C44H45Cl2N3O4/c1-31(2)35-12-15-38(16-13-35)51-25-20-33-8-10-34(11-9-33)29-48-21-23-49(24-22-48)44(50)19-14-36-26-32(3)42(27-41(36)46)53-43-18-17-39(28-47-43)52-30-37-6-4-5-7-40(37)45/h4-19,26-28,31H,20-25,29-30H2,1-3H3/b19-14+. The van der Waals surface area contributed by atoms with Crippen molar-refractivity contribution < 1.29 is 19.0 Å². The molecular formula is C44H45Cl2N3O4. The molecule has 4 aromatic carbocycles. The fourth-order valence-corrected chi connectivity index (χ4v) is 6.43. The molecule has 9 heteroatoms. The summed E-state index contributed by atoms with van der Waals surface area (Å²) in [6, 6.07) is 31.9. The van der Waals surface area contributed by atoms with Crippen LogP contribution in [-0.2, 0) is 24.4 Å². The Morgan fingerprint density at radius 2 is 1.55 bits per heavy atom. The number of aryl methyl sites for hydroxylation is 1. The van der Waals surface area contributed by atoms with Gasteiger partial charge in [-0.3, -0.25) is 9.69 Å². The van der Waals surface area contributed by atoms with Crippen molar-refractivity contribution in [1.82, 2.24) is 14.8 Å². The van der Waals surface area contributed by atoms with Crippen molar-refractivity contribution in [1.29, 1.82) is 0 Å². The van der Waals surface area contributed by atoms with E-state index >= 15 is 0 Å². The van der Waals surface area contributed by atoms with E-state index in [1.165, 1.54) is 16.7 Å². The summed E-state index contributed by atoms with van der Waals surface area (Å²) in [4.78, 5) is 21.7. The van der Waals surface area contributed by atoms with Crippen molar-refractivity contribution in [2.24, 2.45) is 0 Å². The van der Waals surface area contributed by atoms with Gasteiger partial charge in [-0.25, -0.2) is 4.98 Å². The summed E-state index contributed by atoms with van der Waals surface area (Å²) < 4.78 is 17.8. The average Bonchev–Trinajstić information content (AvgIpc) is 3.17. The zero-order valence-corrected chi connectivity index (χ0v) is 31.9. The molecule has 0 spiro atoms. The smallest absolute Gasteiger partial charge is 0.246 e. The Morgan fingerprint density at radius 1 is 0.830 bits per heavy atom. The van der Waals surface area contributed by atoms with Gasteiger partial charge in [0, 0.05) is 67.9 Å². The molecule has 0 N–H and O–H groups in total. The summed E-state index contributed by atoms with van der Waals surface area (Å²) >= 11 is 12.8. The van der Waals surface area contributed by atoms with Crippen LogP contribution in [0.5, 0.6) is 23.1 Å². The normalized spacial score (nSPS) is 13.4. The Labute approximate surface area is 322 Å². The lowest BCUT2D eigenvalue weighted by Crippen LogP contribution is -2.47. The van der Waals surface area contributed by atoms with Crippen LogP contribution in [0.2, 0.25) is 10.0 Å². The van der Waals surface area contributed by atoms with Crippen LogP contribution in [0.3, 0.4) is 0 Å². The molecule has 0 radical (unpaired) electrons. The highest BCUT2D eigenvalue weighted by Crippen LogP contribution is 2.31. The van der Waals surface area contributed by atoms with E-state index in [0.29, 0.717) is 59.6 Å². The van der Waals surface area contributed by atoms with Gasteiger partial charge in [-0.1, -0.05) is 91.6 Å². The summed E-state index contributed by atoms with van der Waals surface area (Å²) in [5.41, 5.74) is 6.35. The number of pyridine rings is 1. The molecule has 6 rings (SSSR count). The van der Waals surface area contributed by atoms with E-state index in [1.54, 1.807) is 36.5 Å². The summed E-state index contributed by atoms with van der Waals surface area (Å²) in [5.74, 6) is 3.00. The third kappa shape index (κ3) is 10.9. The Kier molecular flexibility index (Phi) is 13.1. The highest BCUT2D eigenvalue weighted by Gasteiger charge is 2.20. The summed E-state index contributed by atoms with van der Waals surface area (Å²) in [6.45, 7) is 11.1. The quantitative estimate of drug-likeness (QED) is 0.105. The van der Waals surface area contributed by atoms with Crippen LogP contribution in [0, 0.1) is 6.92 Å². The molecule has 1 amide bonds. The minimum absolute atomic E-state index is 0.0258. The number of hydrogen-bond donors (Lipinski definition) is 0. The van der Waals surface area contributed by atoms with E-state index in [0.717, 1.165) is 48.5 Å². The number of piperazine rings is 1. The summed E-state index contributed by atoms with van der Waals surface area (Å²) in [6.07, 6.45) is 5.84. The molecule has 0 aliphatic carbocycles. The van der Waals surface area contributed by atoms with Gasteiger partial charge in [0.25, 0.3) is 0 Å². The van der Waals surface area contributed by atoms with E-state index in [2.05, 4.69) is 72.3 Å². The average molecular weight is 751 g/mol. The fourth-order valence-electron chi connectivity index (χ4n) is 6.02. The monoisotopic (exact) mass is 749 g/mol. The fraction of sp³-hybridized carbons (Fsp3) is 0.273. The van der Waals surface area contributed by atoms with E-state index in [4.69, 9.17) is 37.4 Å². The highest BCUT2D eigenvalue weighted by molar-refractivity contribution is 6.32. The van der Waals surface area contributed by atoms with Crippen LogP contribution in [0.15, 0.2) is 109 Å². The van der Waals surface area contributed by atoms with Crippen molar-refractivity contribution in [3.63, 3.8) is 0 Å². The molecule has 2 heterocycles. The summed E-state index contributed by atoms with van der Waals surface area (Å²) in [7, 11) is 0. The van der Waals surface area contributed by atoms with E-state index in [1.807, 2.05) is 42.2 Å². The minimum atomic E-state index is -0.0258. The maximum Gasteiger partial charge on any atom is 0.246 e. The van der Waals surface area contributed by atoms with Crippen molar-refractivity contribution in [3.8, 4) is 23.1 Å². The van der Waals surface area contributed by atoms with Crippen LogP contribution < -0.4 is 14.2 Å². The molecule has 0 saturated carbocycles. The number of nitrogens with zero attached hydrogens (tertiary/aromatic N) is 3. The number of hydrogen-bond acceptors (Lipinski definition) is 6. The molecule has 1 aliphatic rings. The Bertz CT molecular complexity index is 1990. The van der Waals surface area contributed by atoms with E-state index in [9.17, 15) is 4.79 Å². The lowest BCUT2D eigenvalue weighted by atomic mass is 10.0. The lowest BCUT2D eigenvalue weighted by Gasteiger charge is -2.34. The molecule has 5 aromatic rings. The second-order valence-corrected chi connectivity index (χ2v) is 14.3. The predicted molar refractivity (Wildman–Crippen MR) is 213 cm³/mol. The largest absolute Gasteiger partial charge is 0.493 e. The minimum Gasteiger partial charge on any atom is -0.493 e. The number of rotatable bonds is 14. The van der Waals surface area contributed by atoms with Crippen LogP contribution in [0.25, 0.3) is 6.08 Å². The number of amides is 1. The van der Waals surface area contributed by atoms with Gasteiger partial charge in [0.05, 0.1) is 17.8 Å². The number of carbonyl (C=O) groups is 1. The summed E-state index contributed by atoms with van der Waals surface area (Å²) in [5, 5.41) is 1.14. The van der Waals surface area contributed by atoms with Gasteiger partial charge in [0.1, 0.15) is 23.9 Å². The van der Waals surface area contributed by atoms with Crippen LogP contribution in [0.4, 0.5) is 0 Å². The third-order valence-corrected chi connectivity index (χ3v) is 9.99. The van der Waals surface area contributed by atoms with Gasteiger partial charge in [-0.05, 0) is 77.1 Å². The Balaban J connectivity index is 0.926. The molecule has 0 unspecified atom stereocenters. The molecule has 0 atom stereocenters.